The first-order valence-electron chi connectivity index (χ1n) is 6.30. The molecule has 19 heavy (non-hydrogen) atoms. The zero-order valence-corrected chi connectivity index (χ0v) is 11.9. The van der Waals surface area contributed by atoms with Crippen molar-refractivity contribution in [2.24, 2.45) is 0 Å². The summed E-state index contributed by atoms with van der Waals surface area (Å²) in [5, 5.41) is 11.9. The Kier molecular flexibility index (Phi) is 5.13. The number of carboxylic acid groups (broad SMARTS) is 1. The second-order valence-corrected chi connectivity index (χ2v) is 5.41. The van der Waals surface area contributed by atoms with Gasteiger partial charge in [-0.15, -0.1) is 0 Å². The summed E-state index contributed by atoms with van der Waals surface area (Å²) in [5.74, 6) is -1.07. The lowest BCUT2D eigenvalue weighted by Gasteiger charge is -2.39. The molecule has 110 valence electrons. The van der Waals surface area contributed by atoms with E-state index < -0.39 is 23.7 Å². The number of rotatable bonds is 3. The number of ether oxygens (including phenoxy) is 2. The minimum Gasteiger partial charge on any atom is -0.480 e. The molecule has 1 aliphatic heterocycles. The van der Waals surface area contributed by atoms with Crippen molar-refractivity contribution in [1.29, 1.82) is 0 Å². The third-order valence-electron chi connectivity index (χ3n) is 2.60. The van der Waals surface area contributed by atoms with Crippen LogP contribution in [0.1, 0.15) is 27.7 Å². The van der Waals surface area contributed by atoms with Crippen molar-refractivity contribution in [3.8, 4) is 0 Å². The van der Waals surface area contributed by atoms with Gasteiger partial charge in [0.1, 0.15) is 11.6 Å². The van der Waals surface area contributed by atoms with Gasteiger partial charge in [0, 0.05) is 13.1 Å². The molecule has 1 N–H and O–H groups in total. The quantitative estimate of drug-likeness (QED) is 0.825. The van der Waals surface area contributed by atoms with E-state index in [1.807, 2.05) is 0 Å². The summed E-state index contributed by atoms with van der Waals surface area (Å²) in [6, 6.07) is -0.979. The van der Waals surface area contributed by atoms with Gasteiger partial charge >= 0.3 is 12.1 Å². The van der Waals surface area contributed by atoms with Crippen molar-refractivity contribution >= 4 is 12.1 Å². The van der Waals surface area contributed by atoms with E-state index in [4.69, 9.17) is 14.6 Å². The fourth-order valence-corrected chi connectivity index (χ4v) is 1.70. The van der Waals surface area contributed by atoms with E-state index >= 15 is 0 Å². The summed E-state index contributed by atoms with van der Waals surface area (Å²) in [6.45, 7) is 8.56. The SMILES string of the molecule is C[C@H](C(=O)O)N(C(=O)OC(C)(C)C)N1CCOCC1. The van der Waals surface area contributed by atoms with Gasteiger partial charge in [-0.1, -0.05) is 0 Å². The molecule has 0 unspecified atom stereocenters. The predicted molar refractivity (Wildman–Crippen MR) is 67.6 cm³/mol. The molecule has 1 atom stereocenters. The van der Waals surface area contributed by atoms with E-state index in [1.54, 1.807) is 25.8 Å². The average Bonchev–Trinajstić information content (AvgIpc) is 2.28. The molecule has 1 rings (SSSR count). The summed E-state index contributed by atoms with van der Waals surface area (Å²) in [6.07, 6.45) is -0.649. The van der Waals surface area contributed by atoms with Crippen LogP contribution >= 0.6 is 0 Å². The van der Waals surface area contributed by atoms with Crippen molar-refractivity contribution in [3.63, 3.8) is 0 Å². The van der Waals surface area contributed by atoms with Gasteiger partial charge in [-0.05, 0) is 27.7 Å². The van der Waals surface area contributed by atoms with Crippen LogP contribution in [-0.2, 0) is 14.3 Å². The summed E-state index contributed by atoms with van der Waals surface area (Å²) in [5.41, 5.74) is -0.667. The van der Waals surface area contributed by atoms with Crippen LogP contribution in [0.3, 0.4) is 0 Å². The maximum atomic E-state index is 12.2. The standard InChI is InChI=1S/C12H22N2O5/c1-9(10(15)16)14(11(17)19-12(2,3)4)13-5-7-18-8-6-13/h9H,5-8H2,1-4H3,(H,15,16)/t9-/m1/s1. The Labute approximate surface area is 113 Å². The second-order valence-electron chi connectivity index (χ2n) is 5.41. The first-order valence-corrected chi connectivity index (χ1v) is 6.30. The molecule has 0 aromatic rings. The van der Waals surface area contributed by atoms with Gasteiger partial charge in [-0.3, -0.25) is 0 Å². The van der Waals surface area contributed by atoms with Gasteiger partial charge in [0.25, 0.3) is 0 Å². The van der Waals surface area contributed by atoms with E-state index in [9.17, 15) is 9.59 Å². The molecule has 0 saturated carbocycles. The number of carbonyl (C=O) groups excluding carboxylic acids is 1. The van der Waals surface area contributed by atoms with Crippen LogP contribution in [0.5, 0.6) is 0 Å². The Bertz CT molecular complexity index is 334. The highest BCUT2D eigenvalue weighted by molar-refractivity contribution is 5.79. The van der Waals surface area contributed by atoms with Crippen LogP contribution in [0.15, 0.2) is 0 Å². The second kappa shape index (κ2) is 6.21. The van der Waals surface area contributed by atoms with Gasteiger partial charge in [-0.25, -0.2) is 19.6 Å². The summed E-state index contributed by atoms with van der Waals surface area (Å²) in [4.78, 5) is 23.3. The first kappa shape index (κ1) is 15.7. The van der Waals surface area contributed by atoms with Crippen LogP contribution in [0, 0.1) is 0 Å². The fraction of sp³-hybridized carbons (Fsp3) is 0.833. The molecule has 1 amide bonds. The molecule has 1 saturated heterocycles. The van der Waals surface area contributed by atoms with Crippen molar-refractivity contribution in [3.05, 3.63) is 0 Å². The van der Waals surface area contributed by atoms with Gasteiger partial charge in [0.2, 0.25) is 0 Å². The Morgan fingerprint density at radius 1 is 1.32 bits per heavy atom. The maximum Gasteiger partial charge on any atom is 0.425 e. The Balaban J connectivity index is 2.84. The number of morpholine rings is 1. The highest BCUT2D eigenvalue weighted by Gasteiger charge is 2.35. The molecule has 0 bridgehead atoms. The Morgan fingerprint density at radius 3 is 2.26 bits per heavy atom. The number of amides is 1. The van der Waals surface area contributed by atoms with Crippen LogP contribution in [-0.4, -0.2) is 65.1 Å². The van der Waals surface area contributed by atoms with Gasteiger partial charge in [-0.2, -0.15) is 0 Å². The highest BCUT2D eigenvalue weighted by Crippen LogP contribution is 2.15. The minimum atomic E-state index is -1.07. The summed E-state index contributed by atoms with van der Waals surface area (Å²) >= 11 is 0. The van der Waals surface area contributed by atoms with Gasteiger partial charge in [0.05, 0.1) is 13.2 Å². The Morgan fingerprint density at radius 2 is 1.84 bits per heavy atom. The van der Waals surface area contributed by atoms with Crippen LogP contribution < -0.4 is 0 Å². The molecule has 1 heterocycles. The van der Waals surface area contributed by atoms with E-state index in [1.165, 1.54) is 6.92 Å². The van der Waals surface area contributed by atoms with Crippen molar-refractivity contribution in [2.75, 3.05) is 26.3 Å². The lowest BCUT2D eigenvalue weighted by atomic mass is 10.2. The molecule has 0 aromatic heterocycles. The first-order chi connectivity index (χ1) is 8.72. The van der Waals surface area contributed by atoms with E-state index in [2.05, 4.69) is 0 Å². The normalized spacial score (nSPS) is 18.7. The zero-order valence-electron chi connectivity index (χ0n) is 11.9. The Hall–Kier alpha value is -1.34. The highest BCUT2D eigenvalue weighted by atomic mass is 16.6. The lowest BCUT2D eigenvalue weighted by Crippen LogP contribution is -2.58. The van der Waals surface area contributed by atoms with Crippen LogP contribution in [0.4, 0.5) is 4.79 Å². The monoisotopic (exact) mass is 274 g/mol. The molecule has 0 aliphatic carbocycles. The third kappa shape index (κ3) is 4.68. The molecule has 0 spiro atoms. The molecule has 1 aliphatic rings. The fourth-order valence-electron chi connectivity index (χ4n) is 1.70. The minimum absolute atomic E-state index is 0.464. The van der Waals surface area contributed by atoms with Gasteiger partial charge in [0.15, 0.2) is 0 Å². The number of carbonyl (C=O) groups is 2. The van der Waals surface area contributed by atoms with Crippen LogP contribution in [0.25, 0.3) is 0 Å². The molecular weight excluding hydrogens is 252 g/mol. The predicted octanol–water partition coefficient (Wildman–Crippen LogP) is 0.944. The third-order valence-corrected chi connectivity index (χ3v) is 2.60. The number of carboxylic acids is 1. The average molecular weight is 274 g/mol. The smallest absolute Gasteiger partial charge is 0.425 e. The van der Waals surface area contributed by atoms with Crippen LogP contribution in [0.2, 0.25) is 0 Å². The molecule has 7 nitrogen and oxygen atoms in total. The number of hydrogen-bond acceptors (Lipinski definition) is 5. The zero-order chi connectivity index (χ0) is 14.6. The van der Waals surface area contributed by atoms with E-state index in [-0.39, 0.29) is 0 Å². The summed E-state index contributed by atoms with van der Waals surface area (Å²) in [7, 11) is 0. The topological polar surface area (TPSA) is 79.3 Å². The van der Waals surface area contributed by atoms with Gasteiger partial charge < -0.3 is 14.6 Å². The van der Waals surface area contributed by atoms with E-state index in [0.29, 0.717) is 26.3 Å². The summed E-state index contributed by atoms with van der Waals surface area (Å²) < 4.78 is 10.5. The van der Waals surface area contributed by atoms with E-state index in [0.717, 1.165) is 5.01 Å². The molecule has 0 aromatic carbocycles. The lowest BCUT2D eigenvalue weighted by molar-refractivity contribution is -0.156. The largest absolute Gasteiger partial charge is 0.480 e. The number of nitrogens with zero attached hydrogens (tertiary/aromatic N) is 2. The molecule has 1 fully saturated rings. The number of hydrazine groups is 1. The molecule has 7 heteroatoms. The molecule has 0 radical (unpaired) electrons. The van der Waals surface area contributed by atoms with Crippen molar-refractivity contribution in [2.45, 2.75) is 39.3 Å². The van der Waals surface area contributed by atoms with Crippen molar-refractivity contribution < 1.29 is 24.2 Å². The van der Waals surface area contributed by atoms with Crippen molar-refractivity contribution in [1.82, 2.24) is 10.0 Å². The maximum absolute atomic E-state index is 12.2. The number of aliphatic carboxylic acids is 1. The molecular formula is C12H22N2O5. The number of hydrogen-bond donors (Lipinski definition) is 1.